The summed E-state index contributed by atoms with van der Waals surface area (Å²) < 4.78 is 67.2. The van der Waals surface area contributed by atoms with E-state index in [1.807, 2.05) is 55.4 Å². The summed E-state index contributed by atoms with van der Waals surface area (Å²) in [5, 5.41) is 0. The summed E-state index contributed by atoms with van der Waals surface area (Å²) in [6, 6.07) is 0. The average Bonchev–Trinajstić information content (AvgIpc) is 2.98. The third-order valence-corrected chi connectivity index (χ3v) is 22.3. The van der Waals surface area contributed by atoms with Gasteiger partial charge < -0.3 is 0 Å². The Morgan fingerprint density at radius 1 is 0.395 bits per heavy atom. The Balaban J connectivity index is 7.44. The van der Waals surface area contributed by atoms with E-state index < -0.39 is 40.1 Å². The maximum absolute atomic E-state index is 7.06. The van der Waals surface area contributed by atoms with Crippen molar-refractivity contribution in [1.82, 2.24) is 0 Å². The van der Waals surface area contributed by atoms with E-state index in [1.165, 1.54) is 0 Å². The molecule has 0 saturated heterocycles. The Bertz CT molecular complexity index is 577. The van der Waals surface area contributed by atoms with Crippen LogP contribution < -0.4 is 0 Å². The van der Waals surface area contributed by atoms with Gasteiger partial charge in [0.25, 0.3) is 0 Å². The Hall–Kier alpha value is 0.917. The molecule has 0 radical (unpaired) electrons. The Labute approximate surface area is 274 Å². The summed E-state index contributed by atoms with van der Waals surface area (Å²) >= 11 is -5.27. The molecular formula is C30H68O10Si2Zr. The van der Waals surface area contributed by atoms with Crippen LogP contribution in [0.4, 0.5) is 0 Å². The maximum atomic E-state index is 7.06. The summed E-state index contributed by atoms with van der Waals surface area (Å²) in [6.07, 6.45) is 4.68. The molecule has 0 aromatic carbocycles. The van der Waals surface area contributed by atoms with Gasteiger partial charge >= 0.3 is 275 Å². The molecule has 0 aliphatic heterocycles. The standard InChI is InChI=1S/2C12H27O4Si.2C3H7O.Zr/c2*1-7-10(4)14-17(13,15-11(5)8-2)16-12(6)9-3;2*1-2-3-4;/h2*10-12H,7-9H2,1-6H3;2*2-3H2,1H3;/q4*-1;+4. The second kappa shape index (κ2) is 23.3. The van der Waals surface area contributed by atoms with Crippen LogP contribution in [0, 0.1) is 0 Å². The van der Waals surface area contributed by atoms with Gasteiger partial charge in [-0.15, -0.1) is 0 Å². The molecule has 0 N–H and O–H groups in total. The second-order valence-electron chi connectivity index (χ2n) is 11.4. The van der Waals surface area contributed by atoms with Crippen LogP contribution in [-0.4, -0.2) is 67.9 Å². The summed E-state index contributed by atoms with van der Waals surface area (Å²) in [5.74, 6) is 0. The van der Waals surface area contributed by atoms with Gasteiger partial charge in [0.15, 0.2) is 0 Å². The molecule has 0 aromatic heterocycles. The van der Waals surface area contributed by atoms with Crippen LogP contribution in [0.5, 0.6) is 0 Å². The topological polar surface area (TPSA) is 92.3 Å². The van der Waals surface area contributed by atoms with E-state index >= 15 is 0 Å². The van der Waals surface area contributed by atoms with Crippen molar-refractivity contribution in [2.75, 3.05) is 13.2 Å². The molecule has 6 atom stereocenters. The molecular weight excluding hydrogens is 668 g/mol. The first kappa shape index (κ1) is 43.9. The van der Waals surface area contributed by atoms with Crippen molar-refractivity contribution < 1.29 is 59.2 Å². The summed E-state index contributed by atoms with van der Waals surface area (Å²) in [4.78, 5) is 0. The summed E-state index contributed by atoms with van der Waals surface area (Å²) in [7, 11) is -7.91. The quantitative estimate of drug-likeness (QED) is 0.0729. The average molecular weight is 736 g/mol. The normalized spacial score (nSPS) is 19.7. The third kappa shape index (κ3) is 17.0. The Kier molecular flexibility index (Phi) is 23.8. The van der Waals surface area contributed by atoms with Gasteiger partial charge in [-0.25, -0.2) is 0 Å². The second-order valence-corrected chi connectivity index (χ2v) is 22.1. The third-order valence-electron chi connectivity index (χ3n) is 6.99. The predicted molar refractivity (Wildman–Crippen MR) is 171 cm³/mol. The van der Waals surface area contributed by atoms with Gasteiger partial charge in [0.1, 0.15) is 0 Å². The SMILES string of the molecule is CCC[O][Zr]([O]CCC)([O][Si](OC(C)CC)(OC(C)CC)OC(C)CC)[O][Si](OC(C)CC)(OC(C)CC)OC(C)CC. The zero-order valence-electron chi connectivity index (χ0n) is 30.1. The minimum absolute atomic E-state index is 0.202. The van der Waals surface area contributed by atoms with Crippen LogP contribution in [0.15, 0.2) is 0 Å². The molecule has 0 saturated carbocycles. The van der Waals surface area contributed by atoms with Crippen molar-refractivity contribution in [3.05, 3.63) is 0 Å². The number of hydrogen-bond donors (Lipinski definition) is 0. The molecule has 0 aliphatic rings. The molecule has 0 spiro atoms. The molecule has 13 heteroatoms. The van der Waals surface area contributed by atoms with Crippen LogP contribution in [0.1, 0.15) is 148 Å². The molecule has 0 aliphatic carbocycles. The Morgan fingerprint density at radius 2 is 0.605 bits per heavy atom. The van der Waals surface area contributed by atoms with Crippen LogP contribution in [-0.2, 0) is 59.2 Å². The fraction of sp³-hybridized carbons (Fsp3) is 1.00. The van der Waals surface area contributed by atoms with Crippen molar-refractivity contribution in [1.29, 1.82) is 0 Å². The van der Waals surface area contributed by atoms with Gasteiger partial charge in [-0.05, 0) is 0 Å². The van der Waals surface area contributed by atoms with Gasteiger partial charge in [-0.2, -0.15) is 0 Å². The van der Waals surface area contributed by atoms with Gasteiger partial charge in [0.05, 0.1) is 0 Å². The fourth-order valence-corrected chi connectivity index (χ4v) is 20.6. The van der Waals surface area contributed by atoms with Gasteiger partial charge in [0, 0.05) is 0 Å². The van der Waals surface area contributed by atoms with E-state index in [9.17, 15) is 0 Å². The molecule has 0 amide bonds. The zero-order chi connectivity index (χ0) is 33.1. The van der Waals surface area contributed by atoms with Gasteiger partial charge in [0.2, 0.25) is 0 Å². The number of rotatable bonds is 28. The van der Waals surface area contributed by atoms with Crippen LogP contribution in [0.25, 0.3) is 0 Å². The molecule has 0 fully saturated rings. The Morgan fingerprint density at radius 3 is 0.767 bits per heavy atom. The van der Waals surface area contributed by atoms with E-state index in [0.29, 0.717) is 13.2 Å². The van der Waals surface area contributed by atoms with E-state index in [1.54, 1.807) is 0 Å². The van der Waals surface area contributed by atoms with Crippen LogP contribution in [0.3, 0.4) is 0 Å². The molecule has 6 unspecified atom stereocenters. The van der Waals surface area contributed by atoms with Crippen molar-refractivity contribution in [3.8, 4) is 0 Å². The molecule has 0 rings (SSSR count). The first-order valence-corrected chi connectivity index (χ1v) is 24.3. The molecule has 0 bridgehead atoms. The summed E-state index contributed by atoms with van der Waals surface area (Å²) in [6.45, 7) is 29.1. The number of hydrogen-bond acceptors (Lipinski definition) is 10. The zero-order valence-corrected chi connectivity index (χ0v) is 34.6. The first-order valence-electron chi connectivity index (χ1n) is 17.0. The molecule has 10 nitrogen and oxygen atoms in total. The molecule has 43 heavy (non-hydrogen) atoms. The minimum atomic E-state index is -5.27. The molecule has 0 aromatic rings. The van der Waals surface area contributed by atoms with E-state index in [0.717, 1.165) is 51.4 Å². The molecule has 0 heterocycles. The monoisotopic (exact) mass is 734 g/mol. The molecule has 260 valence electrons. The van der Waals surface area contributed by atoms with Crippen molar-refractivity contribution in [3.63, 3.8) is 0 Å². The predicted octanol–water partition coefficient (Wildman–Crippen LogP) is 8.45. The van der Waals surface area contributed by atoms with E-state index in [2.05, 4.69) is 41.5 Å². The van der Waals surface area contributed by atoms with Gasteiger partial charge in [-0.1, -0.05) is 0 Å². The summed E-state index contributed by atoms with van der Waals surface area (Å²) in [5.41, 5.74) is 0. The van der Waals surface area contributed by atoms with E-state index in [-0.39, 0.29) is 36.6 Å². The van der Waals surface area contributed by atoms with Crippen molar-refractivity contribution >= 4 is 18.1 Å². The van der Waals surface area contributed by atoms with Crippen LogP contribution >= 0.6 is 0 Å². The fourth-order valence-electron chi connectivity index (χ4n) is 3.23. The van der Waals surface area contributed by atoms with Gasteiger partial charge in [-0.3, -0.25) is 0 Å². The first-order chi connectivity index (χ1) is 20.3. The van der Waals surface area contributed by atoms with Crippen LogP contribution in [0.2, 0.25) is 0 Å². The van der Waals surface area contributed by atoms with Crippen molar-refractivity contribution in [2.24, 2.45) is 0 Å². The van der Waals surface area contributed by atoms with Crippen molar-refractivity contribution in [2.45, 2.75) is 185 Å². The van der Waals surface area contributed by atoms with E-state index in [4.69, 9.17) is 37.2 Å².